The molecule has 28 heavy (non-hydrogen) atoms. The first-order valence-corrected chi connectivity index (χ1v) is 8.41. The van der Waals surface area contributed by atoms with E-state index in [2.05, 4.69) is 20.3 Å². The largest absolute Gasteiger partial charge is 0.416 e. The average molecular weight is 410 g/mol. The summed E-state index contributed by atoms with van der Waals surface area (Å²) in [4.78, 5) is 23.1. The van der Waals surface area contributed by atoms with Crippen LogP contribution in [0.5, 0.6) is 0 Å². The molecule has 0 spiro atoms. The Kier molecular flexibility index (Phi) is 5.03. The molecule has 10 heteroatoms. The standard InChI is InChI=1S/C18H15ClF3N5O/c1-8-3-4-9(18(20,21)22)5-10(8)14-11(16(28)24-2)6-13(26-14)15-12(19)7-25-17(23)27-15/h3-7,26H,1-2H3,(H,24,28)(H2,23,25,27). The second-order valence-corrected chi connectivity index (χ2v) is 6.41. The van der Waals surface area contributed by atoms with E-state index in [1.54, 1.807) is 6.92 Å². The fraction of sp³-hybridized carbons (Fsp3) is 0.167. The van der Waals surface area contributed by atoms with Crippen LogP contribution in [0.2, 0.25) is 5.02 Å². The van der Waals surface area contributed by atoms with Gasteiger partial charge in [-0.3, -0.25) is 4.79 Å². The van der Waals surface area contributed by atoms with Crippen LogP contribution in [0.25, 0.3) is 22.6 Å². The summed E-state index contributed by atoms with van der Waals surface area (Å²) in [7, 11) is 1.42. The van der Waals surface area contributed by atoms with E-state index in [1.807, 2.05) is 0 Å². The van der Waals surface area contributed by atoms with Crippen LogP contribution < -0.4 is 11.1 Å². The van der Waals surface area contributed by atoms with Gasteiger partial charge < -0.3 is 16.0 Å². The van der Waals surface area contributed by atoms with E-state index in [4.69, 9.17) is 17.3 Å². The van der Waals surface area contributed by atoms with E-state index < -0.39 is 17.6 Å². The van der Waals surface area contributed by atoms with Gasteiger partial charge in [-0.05, 0) is 30.7 Å². The zero-order chi connectivity index (χ0) is 20.6. The molecular weight excluding hydrogens is 395 g/mol. The number of aromatic nitrogens is 3. The highest BCUT2D eigenvalue weighted by atomic mass is 35.5. The molecule has 3 rings (SSSR count). The topological polar surface area (TPSA) is 96.7 Å². The summed E-state index contributed by atoms with van der Waals surface area (Å²) in [6.45, 7) is 1.65. The Morgan fingerprint density at radius 3 is 2.64 bits per heavy atom. The number of carbonyl (C=O) groups is 1. The van der Waals surface area contributed by atoms with E-state index >= 15 is 0 Å². The van der Waals surface area contributed by atoms with Crippen molar-refractivity contribution in [2.24, 2.45) is 0 Å². The first-order valence-electron chi connectivity index (χ1n) is 8.03. The van der Waals surface area contributed by atoms with E-state index in [0.717, 1.165) is 12.1 Å². The molecule has 3 aromatic rings. The maximum absolute atomic E-state index is 13.2. The Labute approximate surface area is 163 Å². The summed E-state index contributed by atoms with van der Waals surface area (Å²) in [6, 6.07) is 4.79. The van der Waals surface area contributed by atoms with Gasteiger partial charge in [0, 0.05) is 12.6 Å². The first kappa shape index (κ1) is 19.7. The Morgan fingerprint density at radius 2 is 2.00 bits per heavy atom. The van der Waals surface area contributed by atoms with Crippen molar-refractivity contribution in [1.29, 1.82) is 0 Å². The number of nitrogens with two attached hydrogens (primary N) is 1. The third-order valence-electron chi connectivity index (χ3n) is 4.14. The Bertz CT molecular complexity index is 1060. The number of anilines is 1. The molecule has 0 fully saturated rings. The Morgan fingerprint density at radius 1 is 1.29 bits per heavy atom. The lowest BCUT2D eigenvalue weighted by Gasteiger charge is -2.12. The van der Waals surface area contributed by atoms with Crippen LogP contribution >= 0.6 is 11.6 Å². The number of nitrogens with one attached hydrogen (secondary N) is 2. The molecule has 0 atom stereocenters. The zero-order valence-corrected chi connectivity index (χ0v) is 15.5. The number of carbonyl (C=O) groups excluding carboxylic acids is 1. The number of halogens is 4. The number of rotatable bonds is 3. The van der Waals surface area contributed by atoms with Gasteiger partial charge in [-0.25, -0.2) is 9.97 Å². The molecule has 6 nitrogen and oxygen atoms in total. The minimum atomic E-state index is -4.52. The molecule has 1 amide bonds. The predicted molar refractivity (Wildman–Crippen MR) is 99.8 cm³/mol. The third-order valence-corrected chi connectivity index (χ3v) is 4.42. The van der Waals surface area contributed by atoms with Crippen LogP contribution in [-0.2, 0) is 6.18 Å². The SMILES string of the molecule is CNC(=O)c1cc(-c2nc(N)ncc2Cl)[nH]c1-c1cc(C(F)(F)F)ccc1C. The van der Waals surface area contributed by atoms with Crippen molar-refractivity contribution >= 4 is 23.5 Å². The van der Waals surface area contributed by atoms with Crippen molar-refractivity contribution < 1.29 is 18.0 Å². The number of aromatic amines is 1. The number of amides is 1. The molecular formula is C18H15ClF3N5O. The number of H-pyrrole nitrogens is 1. The lowest BCUT2D eigenvalue weighted by Crippen LogP contribution is -2.18. The number of benzene rings is 1. The van der Waals surface area contributed by atoms with Gasteiger partial charge in [-0.2, -0.15) is 13.2 Å². The quantitative estimate of drug-likeness (QED) is 0.607. The van der Waals surface area contributed by atoms with Crippen molar-refractivity contribution in [2.75, 3.05) is 12.8 Å². The van der Waals surface area contributed by atoms with Gasteiger partial charge in [0.15, 0.2) is 0 Å². The molecule has 0 aliphatic heterocycles. The van der Waals surface area contributed by atoms with Crippen LogP contribution in [0.1, 0.15) is 21.5 Å². The highest BCUT2D eigenvalue weighted by molar-refractivity contribution is 6.32. The summed E-state index contributed by atoms with van der Waals surface area (Å²) >= 11 is 6.12. The fourth-order valence-corrected chi connectivity index (χ4v) is 2.94. The number of alkyl halides is 3. The summed E-state index contributed by atoms with van der Waals surface area (Å²) in [5.41, 5.74) is 6.48. The highest BCUT2D eigenvalue weighted by Gasteiger charge is 2.31. The van der Waals surface area contributed by atoms with E-state index in [1.165, 1.54) is 25.4 Å². The smallest absolute Gasteiger partial charge is 0.368 e. The van der Waals surface area contributed by atoms with Gasteiger partial charge in [-0.15, -0.1) is 0 Å². The highest BCUT2D eigenvalue weighted by Crippen LogP contribution is 2.37. The Hall–Kier alpha value is -3.07. The zero-order valence-electron chi connectivity index (χ0n) is 14.8. The van der Waals surface area contributed by atoms with Gasteiger partial charge >= 0.3 is 6.18 Å². The first-order chi connectivity index (χ1) is 13.1. The fourth-order valence-electron chi connectivity index (χ4n) is 2.75. The van der Waals surface area contributed by atoms with E-state index in [9.17, 15) is 18.0 Å². The van der Waals surface area contributed by atoms with Gasteiger partial charge in [0.25, 0.3) is 5.91 Å². The van der Waals surface area contributed by atoms with Crippen LogP contribution in [-0.4, -0.2) is 27.9 Å². The molecule has 0 unspecified atom stereocenters. The molecule has 2 heterocycles. The van der Waals surface area contributed by atoms with Crippen LogP contribution in [0.3, 0.4) is 0 Å². The van der Waals surface area contributed by atoms with Crippen molar-refractivity contribution in [3.05, 3.63) is 52.2 Å². The van der Waals surface area contributed by atoms with Crippen LogP contribution in [0.15, 0.2) is 30.5 Å². The molecule has 1 aromatic carbocycles. The number of hydrogen-bond donors (Lipinski definition) is 3. The normalized spacial score (nSPS) is 11.5. The lowest BCUT2D eigenvalue weighted by molar-refractivity contribution is -0.137. The minimum Gasteiger partial charge on any atom is -0.368 e. The minimum absolute atomic E-state index is 0.0349. The monoisotopic (exact) mass is 409 g/mol. The molecule has 0 saturated carbocycles. The maximum Gasteiger partial charge on any atom is 0.416 e. The average Bonchev–Trinajstić information content (AvgIpc) is 3.07. The molecule has 0 aliphatic carbocycles. The van der Waals surface area contributed by atoms with Crippen LogP contribution in [0, 0.1) is 6.92 Å². The van der Waals surface area contributed by atoms with Gasteiger partial charge in [0.1, 0.15) is 5.69 Å². The number of aryl methyl sites for hydroxylation is 1. The summed E-state index contributed by atoms with van der Waals surface area (Å²) in [6.07, 6.45) is -3.22. The molecule has 4 N–H and O–H groups in total. The van der Waals surface area contributed by atoms with Crippen molar-refractivity contribution in [2.45, 2.75) is 13.1 Å². The molecule has 0 radical (unpaired) electrons. The molecule has 2 aromatic heterocycles. The van der Waals surface area contributed by atoms with E-state index in [0.29, 0.717) is 11.3 Å². The molecule has 0 bridgehead atoms. The maximum atomic E-state index is 13.2. The third kappa shape index (κ3) is 3.65. The summed E-state index contributed by atoms with van der Waals surface area (Å²) in [5, 5.41) is 2.65. The van der Waals surface area contributed by atoms with Crippen molar-refractivity contribution in [3.63, 3.8) is 0 Å². The van der Waals surface area contributed by atoms with E-state index in [-0.39, 0.29) is 33.5 Å². The van der Waals surface area contributed by atoms with Crippen molar-refractivity contribution in [3.8, 4) is 22.6 Å². The molecule has 146 valence electrons. The lowest BCUT2D eigenvalue weighted by atomic mass is 9.99. The van der Waals surface area contributed by atoms with Crippen molar-refractivity contribution in [1.82, 2.24) is 20.3 Å². The number of hydrogen-bond acceptors (Lipinski definition) is 4. The summed E-state index contributed by atoms with van der Waals surface area (Å²) in [5.74, 6) is -0.514. The van der Waals surface area contributed by atoms with Gasteiger partial charge in [0.05, 0.1) is 33.7 Å². The summed E-state index contributed by atoms with van der Waals surface area (Å²) < 4.78 is 39.5. The van der Waals surface area contributed by atoms with Crippen LogP contribution in [0.4, 0.5) is 19.1 Å². The Balaban J connectivity index is 2.25. The van der Waals surface area contributed by atoms with Gasteiger partial charge in [0.2, 0.25) is 5.95 Å². The van der Waals surface area contributed by atoms with Gasteiger partial charge in [-0.1, -0.05) is 17.7 Å². The predicted octanol–water partition coefficient (Wildman–Crippen LogP) is 4.06. The molecule has 0 aliphatic rings. The second kappa shape index (κ2) is 7.16. The number of nitrogens with zero attached hydrogens (tertiary/aromatic N) is 2. The number of nitrogen functional groups attached to an aromatic ring is 1. The molecule has 0 saturated heterocycles. The second-order valence-electron chi connectivity index (χ2n) is 6.00.